The summed E-state index contributed by atoms with van der Waals surface area (Å²) >= 11 is 0. The first-order valence-electron chi connectivity index (χ1n) is 7.53. The maximum absolute atomic E-state index is 4.68. The number of rotatable bonds is 6. The highest BCUT2D eigenvalue weighted by molar-refractivity contribution is 5.58. The summed E-state index contributed by atoms with van der Waals surface area (Å²) in [6.45, 7) is 11.0. The second-order valence-electron chi connectivity index (χ2n) is 5.14. The van der Waals surface area contributed by atoms with E-state index >= 15 is 0 Å². The van der Waals surface area contributed by atoms with Crippen LogP contribution in [0.25, 0.3) is 0 Å². The van der Waals surface area contributed by atoms with Gasteiger partial charge in [0.05, 0.1) is 0 Å². The molecule has 2 aromatic rings. The van der Waals surface area contributed by atoms with Crippen molar-refractivity contribution in [2.45, 2.75) is 34.2 Å². The van der Waals surface area contributed by atoms with E-state index in [2.05, 4.69) is 65.2 Å². The minimum Gasteiger partial charge on any atom is -0.313 e. The lowest BCUT2D eigenvalue weighted by Gasteiger charge is -2.22. The van der Waals surface area contributed by atoms with Crippen LogP contribution in [0.2, 0.25) is 0 Å². The largest absolute Gasteiger partial charge is 0.313 e. The Morgan fingerprint density at radius 1 is 1.19 bits per heavy atom. The molecule has 0 aliphatic heterocycles. The quantitative estimate of drug-likeness (QED) is 0.883. The predicted octanol–water partition coefficient (Wildman–Crippen LogP) is 3.36. The molecule has 0 fully saturated rings. The Labute approximate surface area is 127 Å². The molecular weight excluding hydrogens is 260 g/mol. The minimum atomic E-state index is 0.765. The maximum Gasteiger partial charge on any atom is 0.230 e. The first kappa shape index (κ1) is 15.4. The zero-order chi connectivity index (χ0) is 15.2. The molecule has 0 bridgehead atoms. The Balaban J connectivity index is 2.28. The number of nitrogens with one attached hydrogen (secondary N) is 1. The van der Waals surface area contributed by atoms with Crippen molar-refractivity contribution in [1.82, 2.24) is 15.3 Å². The number of hydrogen-bond acceptors (Lipinski definition) is 4. The molecule has 0 radical (unpaired) electrons. The number of benzene rings is 1. The van der Waals surface area contributed by atoms with Gasteiger partial charge in [0, 0.05) is 36.2 Å². The third-order valence-corrected chi connectivity index (χ3v) is 3.50. The molecule has 112 valence electrons. The molecule has 0 saturated carbocycles. The molecule has 1 aromatic carbocycles. The van der Waals surface area contributed by atoms with Gasteiger partial charge >= 0.3 is 0 Å². The van der Waals surface area contributed by atoms with Gasteiger partial charge in [-0.15, -0.1) is 0 Å². The molecule has 4 nitrogen and oxygen atoms in total. The highest BCUT2D eigenvalue weighted by Crippen LogP contribution is 2.23. The second-order valence-corrected chi connectivity index (χ2v) is 5.14. The van der Waals surface area contributed by atoms with Crippen molar-refractivity contribution in [2.75, 3.05) is 18.0 Å². The molecule has 0 aliphatic carbocycles. The lowest BCUT2D eigenvalue weighted by molar-refractivity contribution is 0.715. The van der Waals surface area contributed by atoms with E-state index in [4.69, 9.17) is 0 Å². The van der Waals surface area contributed by atoms with Gasteiger partial charge in [-0.05, 0) is 45.0 Å². The monoisotopic (exact) mass is 284 g/mol. The van der Waals surface area contributed by atoms with E-state index in [1.165, 1.54) is 5.56 Å². The smallest absolute Gasteiger partial charge is 0.230 e. The fraction of sp³-hybridized carbons (Fsp3) is 0.412. The number of aryl methyl sites for hydroxylation is 2. The fourth-order valence-corrected chi connectivity index (χ4v) is 2.28. The zero-order valence-corrected chi connectivity index (χ0v) is 13.3. The van der Waals surface area contributed by atoms with Crippen molar-refractivity contribution in [3.8, 4) is 0 Å². The van der Waals surface area contributed by atoms with Gasteiger partial charge in [0.1, 0.15) is 0 Å². The van der Waals surface area contributed by atoms with Gasteiger partial charge in [0.2, 0.25) is 5.95 Å². The van der Waals surface area contributed by atoms with Gasteiger partial charge in [-0.25, -0.2) is 9.97 Å². The van der Waals surface area contributed by atoms with E-state index in [-0.39, 0.29) is 0 Å². The molecule has 1 heterocycles. The molecule has 0 unspecified atom stereocenters. The Morgan fingerprint density at radius 2 is 2.00 bits per heavy atom. The first-order chi connectivity index (χ1) is 10.2. The molecule has 4 heteroatoms. The molecule has 1 aromatic heterocycles. The molecule has 0 saturated heterocycles. The average Bonchev–Trinajstić information content (AvgIpc) is 2.47. The van der Waals surface area contributed by atoms with Crippen molar-refractivity contribution < 1.29 is 0 Å². The summed E-state index contributed by atoms with van der Waals surface area (Å²) in [5.41, 5.74) is 4.57. The summed E-state index contributed by atoms with van der Waals surface area (Å²) in [5, 5.41) is 3.31. The Bertz CT molecular complexity index is 595. The molecular formula is C17H24N4. The van der Waals surface area contributed by atoms with Gasteiger partial charge < -0.3 is 10.2 Å². The van der Waals surface area contributed by atoms with E-state index < -0.39 is 0 Å². The highest BCUT2D eigenvalue weighted by atomic mass is 15.2. The lowest BCUT2D eigenvalue weighted by Crippen LogP contribution is -2.20. The van der Waals surface area contributed by atoms with Gasteiger partial charge in [-0.1, -0.05) is 19.1 Å². The summed E-state index contributed by atoms with van der Waals surface area (Å²) in [5.74, 6) is 0.765. The standard InChI is InChI=1S/C17H24N4/c1-5-18-11-15-12-19-17(20-14(15)4)21(6-2)16-9-7-8-13(3)10-16/h7-10,12,18H,5-6,11H2,1-4H3. The third-order valence-electron chi connectivity index (χ3n) is 3.50. The summed E-state index contributed by atoms with van der Waals surface area (Å²) in [7, 11) is 0. The summed E-state index contributed by atoms with van der Waals surface area (Å²) < 4.78 is 0. The molecule has 21 heavy (non-hydrogen) atoms. The fourth-order valence-electron chi connectivity index (χ4n) is 2.28. The summed E-state index contributed by atoms with van der Waals surface area (Å²) in [6.07, 6.45) is 1.93. The van der Waals surface area contributed by atoms with E-state index in [1.54, 1.807) is 0 Å². The van der Waals surface area contributed by atoms with Crippen LogP contribution in [0.4, 0.5) is 11.6 Å². The van der Waals surface area contributed by atoms with Crippen LogP contribution in [0.5, 0.6) is 0 Å². The van der Waals surface area contributed by atoms with E-state index in [0.717, 1.165) is 42.5 Å². The minimum absolute atomic E-state index is 0.765. The SMILES string of the molecule is CCNCc1cnc(N(CC)c2cccc(C)c2)nc1C. The van der Waals surface area contributed by atoms with Crippen LogP contribution in [0.3, 0.4) is 0 Å². The van der Waals surface area contributed by atoms with Crippen molar-refractivity contribution in [2.24, 2.45) is 0 Å². The van der Waals surface area contributed by atoms with Crippen molar-refractivity contribution >= 4 is 11.6 Å². The van der Waals surface area contributed by atoms with Crippen LogP contribution in [0, 0.1) is 13.8 Å². The first-order valence-corrected chi connectivity index (χ1v) is 7.53. The number of anilines is 2. The van der Waals surface area contributed by atoms with Crippen LogP contribution in [0.1, 0.15) is 30.7 Å². The van der Waals surface area contributed by atoms with Crippen molar-refractivity contribution in [1.29, 1.82) is 0 Å². The van der Waals surface area contributed by atoms with E-state index in [1.807, 2.05) is 13.1 Å². The number of aromatic nitrogens is 2. The normalized spacial score (nSPS) is 10.7. The molecule has 2 rings (SSSR count). The maximum atomic E-state index is 4.68. The summed E-state index contributed by atoms with van der Waals surface area (Å²) in [4.78, 5) is 11.4. The Hall–Kier alpha value is -1.94. The van der Waals surface area contributed by atoms with Gasteiger partial charge in [0.25, 0.3) is 0 Å². The predicted molar refractivity (Wildman–Crippen MR) is 88.0 cm³/mol. The second kappa shape index (κ2) is 7.18. The number of hydrogen-bond donors (Lipinski definition) is 1. The Morgan fingerprint density at radius 3 is 2.62 bits per heavy atom. The zero-order valence-electron chi connectivity index (χ0n) is 13.3. The molecule has 0 amide bonds. The van der Waals surface area contributed by atoms with Gasteiger partial charge in [-0.2, -0.15) is 0 Å². The molecule has 0 spiro atoms. The van der Waals surface area contributed by atoms with Gasteiger partial charge in [0.15, 0.2) is 0 Å². The van der Waals surface area contributed by atoms with Crippen molar-refractivity contribution in [3.05, 3.63) is 47.3 Å². The Kier molecular flexibility index (Phi) is 5.28. The van der Waals surface area contributed by atoms with Crippen LogP contribution >= 0.6 is 0 Å². The van der Waals surface area contributed by atoms with E-state index in [9.17, 15) is 0 Å². The third kappa shape index (κ3) is 3.79. The molecule has 0 aliphatic rings. The van der Waals surface area contributed by atoms with Crippen LogP contribution < -0.4 is 10.2 Å². The topological polar surface area (TPSA) is 41.1 Å². The summed E-state index contributed by atoms with van der Waals surface area (Å²) in [6, 6.07) is 8.43. The van der Waals surface area contributed by atoms with E-state index in [0.29, 0.717) is 0 Å². The van der Waals surface area contributed by atoms with Gasteiger partial charge in [-0.3, -0.25) is 0 Å². The average molecular weight is 284 g/mol. The number of nitrogens with zero attached hydrogens (tertiary/aromatic N) is 3. The van der Waals surface area contributed by atoms with Crippen LogP contribution in [-0.4, -0.2) is 23.1 Å². The molecule has 0 atom stereocenters. The van der Waals surface area contributed by atoms with Crippen molar-refractivity contribution in [3.63, 3.8) is 0 Å². The van der Waals surface area contributed by atoms with Crippen LogP contribution in [-0.2, 0) is 6.54 Å². The lowest BCUT2D eigenvalue weighted by atomic mass is 10.2. The van der Waals surface area contributed by atoms with Crippen LogP contribution in [0.15, 0.2) is 30.5 Å². The highest BCUT2D eigenvalue weighted by Gasteiger charge is 2.12. The molecule has 1 N–H and O–H groups in total.